The van der Waals surface area contributed by atoms with Gasteiger partial charge in [0.05, 0.1) is 6.61 Å². The lowest BCUT2D eigenvalue weighted by Crippen LogP contribution is -2.25. The highest BCUT2D eigenvalue weighted by Crippen LogP contribution is 2.34. The normalized spacial score (nSPS) is 12.1. The van der Waals surface area contributed by atoms with E-state index in [0.29, 0.717) is 5.56 Å². The molecule has 2 rings (SSSR count). The minimum absolute atomic E-state index is 0.102. The Morgan fingerprint density at radius 2 is 1.79 bits per heavy atom. The zero-order chi connectivity index (χ0) is 20.9. The Kier molecular flexibility index (Phi) is 6.57. The van der Waals surface area contributed by atoms with Crippen molar-refractivity contribution in [3.05, 3.63) is 71.4 Å². The minimum atomic E-state index is -0.642. The molecule has 2 N–H and O–H groups in total. The summed E-state index contributed by atoms with van der Waals surface area (Å²) in [6.45, 7) is 11.2. The number of pyridine rings is 1. The van der Waals surface area contributed by atoms with Crippen molar-refractivity contribution in [2.24, 2.45) is 0 Å². The number of hydrogen-bond acceptors (Lipinski definition) is 6. The van der Waals surface area contributed by atoms with Gasteiger partial charge in [-0.1, -0.05) is 43.0 Å². The summed E-state index contributed by atoms with van der Waals surface area (Å²) in [7, 11) is 0. The second-order valence-corrected chi connectivity index (χ2v) is 7.26. The monoisotopic (exact) mass is 382 g/mol. The van der Waals surface area contributed by atoms with Crippen LogP contribution in [-0.2, 0) is 14.3 Å². The number of nitrogen functional groups attached to an aromatic ring is 1. The summed E-state index contributed by atoms with van der Waals surface area (Å²) < 4.78 is 10.4. The first-order chi connectivity index (χ1) is 13.1. The lowest BCUT2D eigenvalue weighted by Gasteiger charge is -2.22. The van der Waals surface area contributed by atoms with Crippen molar-refractivity contribution >= 4 is 17.8 Å². The molecule has 1 unspecified atom stereocenters. The fourth-order valence-electron chi connectivity index (χ4n) is 2.73. The number of esters is 2. The maximum atomic E-state index is 12.3. The van der Waals surface area contributed by atoms with Crippen molar-refractivity contribution in [2.75, 3.05) is 12.3 Å². The molecule has 1 aromatic carbocycles. The van der Waals surface area contributed by atoms with Gasteiger partial charge in [-0.2, -0.15) is 0 Å². The van der Waals surface area contributed by atoms with Crippen molar-refractivity contribution in [2.45, 2.75) is 39.2 Å². The second kappa shape index (κ2) is 8.69. The molecule has 0 amide bonds. The van der Waals surface area contributed by atoms with Crippen LogP contribution in [0.4, 0.5) is 5.82 Å². The smallest absolute Gasteiger partial charge is 0.357 e. The van der Waals surface area contributed by atoms with Gasteiger partial charge in [0.1, 0.15) is 11.4 Å². The van der Waals surface area contributed by atoms with Crippen LogP contribution >= 0.6 is 0 Å². The maximum Gasteiger partial charge on any atom is 0.357 e. The summed E-state index contributed by atoms with van der Waals surface area (Å²) in [5.41, 5.74) is 7.25. The van der Waals surface area contributed by atoms with Crippen molar-refractivity contribution in [1.29, 1.82) is 0 Å². The lowest BCUT2D eigenvalue weighted by atomic mass is 9.85. The highest BCUT2D eigenvalue weighted by atomic mass is 16.6. The average molecular weight is 382 g/mol. The van der Waals surface area contributed by atoms with Crippen LogP contribution in [0.5, 0.6) is 0 Å². The predicted molar refractivity (Wildman–Crippen MR) is 108 cm³/mol. The average Bonchev–Trinajstić information content (AvgIpc) is 2.62. The van der Waals surface area contributed by atoms with E-state index in [4.69, 9.17) is 15.2 Å². The lowest BCUT2D eigenvalue weighted by molar-refractivity contribution is -0.138. The van der Waals surface area contributed by atoms with Crippen LogP contribution < -0.4 is 5.73 Å². The molecular formula is C22H26N2O4. The molecule has 1 heterocycles. The topological polar surface area (TPSA) is 91.5 Å². The highest BCUT2D eigenvalue weighted by Gasteiger charge is 2.27. The summed E-state index contributed by atoms with van der Waals surface area (Å²) in [6, 6.07) is 12.5. The van der Waals surface area contributed by atoms with E-state index in [9.17, 15) is 9.59 Å². The Morgan fingerprint density at radius 1 is 1.14 bits per heavy atom. The Hall–Kier alpha value is -3.15. The summed E-state index contributed by atoms with van der Waals surface area (Å²) in [5.74, 6) is -1.48. The minimum Gasteiger partial charge on any atom is -0.463 e. The van der Waals surface area contributed by atoms with Crippen LogP contribution in [-0.4, -0.2) is 29.1 Å². The fraction of sp³-hybridized carbons (Fsp3) is 0.318. The Balaban J connectivity index is 2.45. The molecule has 0 fully saturated rings. The van der Waals surface area contributed by atoms with Crippen LogP contribution in [0.25, 0.3) is 0 Å². The standard InChI is InChI=1S/C22H26N2O4/c1-6-27-20(25)14(2)18(15-10-8-7-9-11-15)16-12-13-17(24-19(16)23)21(26)28-22(3,4)5/h7-13,18H,2,6H2,1,3-5H3,(H2,23,24). The number of nitrogens with zero attached hydrogens (tertiary/aromatic N) is 1. The third-order valence-corrected chi connectivity index (χ3v) is 3.90. The van der Waals surface area contributed by atoms with E-state index in [-0.39, 0.29) is 23.7 Å². The van der Waals surface area contributed by atoms with Gasteiger partial charge < -0.3 is 15.2 Å². The highest BCUT2D eigenvalue weighted by molar-refractivity contribution is 5.91. The van der Waals surface area contributed by atoms with Gasteiger partial charge in [-0.15, -0.1) is 0 Å². The third kappa shape index (κ3) is 5.19. The zero-order valence-electron chi connectivity index (χ0n) is 16.7. The number of anilines is 1. The maximum absolute atomic E-state index is 12.3. The summed E-state index contributed by atoms with van der Waals surface area (Å²) >= 11 is 0. The number of aromatic nitrogens is 1. The van der Waals surface area contributed by atoms with Crippen molar-refractivity contribution in [3.8, 4) is 0 Å². The van der Waals surface area contributed by atoms with E-state index in [1.54, 1.807) is 33.8 Å². The zero-order valence-corrected chi connectivity index (χ0v) is 16.7. The third-order valence-electron chi connectivity index (χ3n) is 3.90. The van der Waals surface area contributed by atoms with Crippen molar-refractivity contribution in [3.63, 3.8) is 0 Å². The van der Waals surface area contributed by atoms with E-state index in [1.807, 2.05) is 30.3 Å². The van der Waals surface area contributed by atoms with Gasteiger partial charge in [0.2, 0.25) is 0 Å². The summed E-state index contributed by atoms with van der Waals surface area (Å²) in [5, 5.41) is 0. The number of nitrogens with two attached hydrogens (primary N) is 1. The largest absolute Gasteiger partial charge is 0.463 e. The Labute approximate surface area is 165 Å². The molecule has 0 radical (unpaired) electrons. The van der Waals surface area contributed by atoms with E-state index in [1.165, 1.54) is 6.07 Å². The molecule has 1 atom stereocenters. The molecule has 0 spiro atoms. The molecule has 0 aliphatic carbocycles. The van der Waals surface area contributed by atoms with Gasteiger partial charge in [-0.25, -0.2) is 14.6 Å². The van der Waals surface area contributed by atoms with E-state index >= 15 is 0 Å². The molecule has 148 valence electrons. The van der Waals surface area contributed by atoms with Gasteiger partial charge in [0.25, 0.3) is 0 Å². The fourth-order valence-corrected chi connectivity index (χ4v) is 2.73. The quantitative estimate of drug-likeness (QED) is 0.602. The van der Waals surface area contributed by atoms with Gasteiger partial charge >= 0.3 is 11.9 Å². The Morgan fingerprint density at radius 3 is 2.32 bits per heavy atom. The first-order valence-electron chi connectivity index (χ1n) is 9.04. The van der Waals surface area contributed by atoms with Crippen LogP contribution in [0.3, 0.4) is 0 Å². The molecule has 2 aromatic rings. The van der Waals surface area contributed by atoms with Gasteiger partial charge in [0.15, 0.2) is 5.69 Å². The van der Waals surface area contributed by atoms with Gasteiger partial charge in [-0.05, 0) is 39.3 Å². The molecule has 0 saturated heterocycles. The number of ether oxygens (including phenoxy) is 2. The number of rotatable bonds is 6. The van der Waals surface area contributed by atoms with Crippen LogP contribution in [0.15, 0.2) is 54.6 Å². The summed E-state index contributed by atoms with van der Waals surface area (Å²) in [4.78, 5) is 28.8. The van der Waals surface area contributed by atoms with Crippen molar-refractivity contribution in [1.82, 2.24) is 4.98 Å². The molecule has 0 bridgehead atoms. The number of carbonyl (C=O) groups excluding carboxylic acids is 2. The van der Waals surface area contributed by atoms with Crippen LogP contribution in [0, 0.1) is 0 Å². The molecule has 6 nitrogen and oxygen atoms in total. The molecule has 0 saturated carbocycles. The van der Waals surface area contributed by atoms with E-state index in [0.717, 1.165) is 5.56 Å². The molecule has 28 heavy (non-hydrogen) atoms. The molecule has 1 aromatic heterocycles. The number of benzene rings is 1. The van der Waals surface area contributed by atoms with Crippen LogP contribution in [0.1, 0.15) is 55.2 Å². The molecular weight excluding hydrogens is 356 g/mol. The SMILES string of the molecule is C=C(C(=O)OCC)C(c1ccccc1)c1ccc(C(=O)OC(C)(C)C)nc1N. The first kappa shape index (κ1) is 21.2. The first-order valence-corrected chi connectivity index (χ1v) is 9.04. The van der Waals surface area contributed by atoms with E-state index in [2.05, 4.69) is 11.6 Å². The van der Waals surface area contributed by atoms with E-state index < -0.39 is 23.5 Å². The number of hydrogen-bond donors (Lipinski definition) is 1. The molecule has 0 aliphatic heterocycles. The second-order valence-electron chi connectivity index (χ2n) is 7.26. The van der Waals surface area contributed by atoms with Crippen LogP contribution in [0.2, 0.25) is 0 Å². The summed E-state index contributed by atoms with van der Waals surface area (Å²) in [6.07, 6.45) is 0. The number of carbonyl (C=O) groups is 2. The van der Waals surface area contributed by atoms with Crippen molar-refractivity contribution < 1.29 is 19.1 Å². The molecule has 6 heteroatoms. The molecule has 0 aliphatic rings. The predicted octanol–water partition coefficient (Wildman–Crippen LogP) is 3.87. The van der Waals surface area contributed by atoms with Gasteiger partial charge in [-0.3, -0.25) is 0 Å². The van der Waals surface area contributed by atoms with Gasteiger partial charge in [0, 0.05) is 17.1 Å². The Bertz CT molecular complexity index is 870.